The van der Waals surface area contributed by atoms with Gasteiger partial charge in [0.05, 0.1) is 29.3 Å². The second kappa shape index (κ2) is 6.72. The third-order valence-corrected chi connectivity index (χ3v) is 5.83. The molecule has 2 aliphatic heterocycles. The lowest BCUT2D eigenvalue weighted by Crippen LogP contribution is -2.54. The minimum Gasteiger partial charge on any atom is -0.491 e. The summed E-state index contributed by atoms with van der Waals surface area (Å²) in [6.45, 7) is 4.52. The maximum Gasteiger partial charge on any atom is 0.273 e. The number of pyridine rings is 1. The molecule has 132 valence electrons. The molecule has 0 radical (unpaired) electrons. The zero-order valence-corrected chi connectivity index (χ0v) is 15.0. The number of rotatable bonds is 4. The summed E-state index contributed by atoms with van der Waals surface area (Å²) in [5.41, 5.74) is 0.387. The quantitative estimate of drug-likeness (QED) is 0.839. The van der Waals surface area contributed by atoms with Gasteiger partial charge < -0.3 is 14.4 Å². The Hall–Kier alpha value is -1.99. The number of likely N-dealkylation sites (tertiary alicyclic amines) is 1. The highest BCUT2D eigenvalue weighted by Gasteiger charge is 2.49. The molecular weight excluding hydrogens is 338 g/mol. The minimum atomic E-state index is -0.158. The molecule has 0 saturated carbocycles. The molecule has 7 heteroatoms. The van der Waals surface area contributed by atoms with Crippen LogP contribution in [0.25, 0.3) is 0 Å². The number of hydrogen-bond donors (Lipinski definition) is 0. The molecule has 4 heterocycles. The number of carbonyl (C=O) groups excluding carboxylic acids is 1. The molecule has 0 unspecified atom stereocenters. The van der Waals surface area contributed by atoms with Gasteiger partial charge in [0.15, 0.2) is 0 Å². The Morgan fingerprint density at radius 3 is 3.24 bits per heavy atom. The molecule has 25 heavy (non-hydrogen) atoms. The maximum absolute atomic E-state index is 12.8. The number of aromatic nitrogens is 2. The zero-order chi connectivity index (χ0) is 17.3. The molecular formula is C18H21N3O3S. The lowest BCUT2D eigenvalue weighted by Gasteiger charge is -2.43. The van der Waals surface area contributed by atoms with Crippen LogP contribution in [-0.4, -0.2) is 53.2 Å². The van der Waals surface area contributed by atoms with Gasteiger partial charge in [-0.3, -0.25) is 9.78 Å². The van der Waals surface area contributed by atoms with Crippen molar-refractivity contribution in [3.05, 3.63) is 40.6 Å². The van der Waals surface area contributed by atoms with Crippen LogP contribution in [0.2, 0.25) is 0 Å². The topological polar surface area (TPSA) is 64.6 Å². The predicted octanol–water partition coefficient (Wildman–Crippen LogP) is 2.55. The number of aryl methyl sites for hydroxylation is 1. The molecule has 4 rings (SSSR count). The highest BCUT2D eigenvalue weighted by Crippen LogP contribution is 2.41. The Labute approximate surface area is 150 Å². The fraction of sp³-hybridized carbons (Fsp3) is 0.500. The van der Waals surface area contributed by atoms with Crippen molar-refractivity contribution in [2.24, 2.45) is 5.41 Å². The SMILES string of the molecule is Cc1nc(C(=O)N2CC[C@@H]3OCC[C@]3(COc3cccnc3)C2)cs1. The molecule has 0 N–H and O–H groups in total. The first-order valence-electron chi connectivity index (χ1n) is 8.52. The Morgan fingerprint density at radius 1 is 1.56 bits per heavy atom. The van der Waals surface area contributed by atoms with E-state index in [4.69, 9.17) is 9.47 Å². The molecule has 2 atom stereocenters. The van der Waals surface area contributed by atoms with E-state index >= 15 is 0 Å². The van der Waals surface area contributed by atoms with E-state index in [0.717, 1.165) is 30.2 Å². The van der Waals surface area contributed by atoms with E-state index in [0.29, 0.717) is 25.4 Å². The molecule has 2 saturated heterocycles. The smallest absolute Gasteiger partial charge is 0.273 e. The Kier molecular flexibility index (Phi) is 4.43. The van der Waals surface area contributed by atoms with Crippen LogP contribution in [0.5, 0.6) is 5.75 Å². The second-order valence-corrected chi connectivity index (χ2v) is 7.78. The molecule has 0 aliphatic carbocycles. The lowest BCUT2D eigenvalue weighted by molar-refractivity contribution is -0.0327. The molecule has 0 aromatic carbocycles. The maximum atomic E-state index is 12.8. The van der Waals surface area contributed by atoms with E-state index in [9.17, 15) is 4.79 Å². The molecule has 2 fully saturated rings. The number of ether oxygens (including phenoxy) is 2. The standard InChI is InChI=1S/C18H21N3O3S/c1-13-20-15(10-25-13)17(22)21-7-4-16-18(11-21,5-8-23-16)12-24-14-3-2-6-19-9-14/h2-3,6,9-10,16H,4-5,7-8,11-12H2,1H3/t16-,18+/m0/s1. The number of amides is 1. The summed E-state index contributed by atoms with van der Waals surface area (Å²) in [5.74, 6) is 0.761. The summed E-state index contributed by atoms with van der Waals surface area (Å²) in [6, 6.07) is 3.76. The van der Waals surface area contributed by atoms with Crippen LogP contribution < -0.4 is 4.74 Å². The molecule has 2 aromatic rings. The Bertz CT molecular complexity index is 751. The third kappa shape index (κ3) is 3.26. The first-order chi connectivity index (χ1) is 12.2. The highest BCUT2D eigenvalue weighted by atomic mass is 32.1. The van der Waals surface area contributed by atoms with Crippen molar-refractivity contribution in [1.82, 2.24) is 14.9 Å². The molecule has 0 bridgehead atoms. The van der Waals surface area contributed by atoms with Crippen LogP contribution in [0.4, 0.5) is 0 Å². The van der Waals surface area contributed by atoms with Crippen LogP contribution in [0.1, 0.15) is 28.3 Å². The van der Waals surface area contributed by atoms with Gasteiger partial charge >= 0.3 is 0 Å². The summed E-state index contributed by atoms with van der Waals surface area (Å²) in [6.07, 6.45) is 5.32. The van der Waals surface area contributed by atoms with Gasteiger partial charge in [-0.2, -0.15) is 0 Å². The van der Waals surface area contributed by atoms with Gasteiger partial charge in [0.1, 0.15) is 11.4 Å². The van der Waals surface area contributed by atoms with Crippen molar-refractivity contribution >= 4 is 17.2 Å². The van der Waals surface area contributed by atoms with E-state index in [1.165, 1.54) is 11.3 Å². The summed E-state index contributed by atoms with van der Waals surface area (Å²) in [4.78, 5) is 23.1. The van der Waals surface area contributed by atoms with Crippen LogP contribution >= 0.6 is 11.3 Å². The van der Waals surface area contributed by atoms with Crippen LogP contribution in [0, 0.1) is 12.3 Å². The van der Waals surface area contributed by atoms with Crippen molar-refractivity contribution < 1.29 is 14.3 Å². The van der Waals surface area contributed by atoms with Crippen molar-refractivity contribution in [3.63, 3.8) is 0 Å². The van der Waals surface area contributed by atoms with Gasteiger partial charge in [0, 0.05) is 31.3 Å². The number of hydrogen-bond acceptors (Lipinski definition) is 6. The average molecular weight is 359 g/mol. The van der Waals surface area contributed by atoms with Gasteiger partial charge in [-0.25, -0.2) is 4.98 Å². The number of nitrogens with zero attached hydrogens (tertiary/aromatic N) is 3. The fourth-order valence-electron chi connectivity index (χ4n) is 3.71. The lowest BCUT2D eigenvalue weighted by atomic mass is 9.77. The van der Waals surface area contributed by atoms with E-state index in [1.807, 2.05) is 29.3 Å². The first-order valence-corrected chi connectivity index (χ1v) is 9.40. The monoisotopic (exact) mass is 359 g/mol. The number of thiazole rings is 1. The van der Waals surface area contributed by atoms with Gasteiger partial charge in [0.2, 0.25) is 0 Å². The van der Waals surface area contributed by atoms with Crippen LogP contribution in [0.15, 0.2) is 29.9 Å². The van der Waals surface area contributed by atoms with Gasteiger partial charge in [-0.1, -0.05) is 0 Å². The van der Waals surface area contributed by atoms with Crippen LogP contribution in [0.3, 0.4) is 0 Å². The number of piperidine rings is 1. The molecule has 0 spiro atoms. The summed E-state index contributed by atoms with van der Waals surface area (Å²) in [7, 11) is 0. The van der Waals surface area contributed by atoms with E-state index in [2.05, 4.69) is 9.97 Å². The van der Waals surface area contributed by atoms with Crippen molar-refractivity contribution in [3.8, 4) is 5.75 Å². The summed E-state index contributed by atoms with van der Waals surface area (Å²) in [5, 5.41) is 2.75. The third-order valence-electron chi connectivity index (χ3n) is 5.05. The van der Waals surface area contributed by atoms with Gasteiger partial charge in [0.25, 0.3) is 5.91 Å². The van der Waals surface area contributed by atoms with Crippen molar-refractivity contribution in [2.45, 2.75) is 25.9 Å². The predicted molar refractivity (Wildman–Crippen MR) is 93.9 cm³/mol. The molecule has 6 nitrogen and oxygen atoms in total. The molecule has 1 amide bonds. The van der Waals surface area contributed by atoms with Crippen molar-refractivity contribution in [2.75, 3.05) is 26.3 Å². The summed E-state index contributed by atoms with van der Waals surface area (Å²) >= 11 is 1.51. The Balaban J connectivity index is 1.49. The highest BCUT2D eigenvalue weighted by molar-refractivity contribution is 7.09. The zero-order valence-electron chi connectivity index (χ0n) is 14.2. The first kappa shape index (κ1) is 16.5. The number of carbonyl (C=O) groups is 1. The van der Waals surface area contributed by atoms with E-state index in [-0.39, 0.29) is 17.4 Å². The average Bonchev–Trinajstić information content (AvgIpc) is 3.26. The molecule has 2 aromatic heterocycles. The molecule has 2 aliphatic rings. The van der Waals surface area contributed by atoms with Crippen molar-refractivity contribution in [1.29, 1.82) is 0 Å². The second-order valence-electron chi connectivity index (χ2n) is 6.72. The summed E-state index contributed by atoms with van der Waals surface area (Å²) < 4.78 is 11.9. The fourth-order valence-corrected chi connectivity index (χ4v) is 4.30. The normalized spacial score (nSPS) is 25.6. The number of fused-ring (bicyclic) bond motifs is 1. The van der Waals surface area contributed by atoms with Gasteiger partial charge in [-0.05, 0) is 31.9 Å². The Morgan fingerprint density at radius 2 is 2.48 bits per heavy atom. The van der Waals surface area contributed by atoms with Crippen LogP contribution in [-0.2, 0) is 4.74 Å². The minimum absolute atomic E-state index is 0.00968. The van der Waals surface area contributed by atoms with Gasteiger partial charge in [-0.15, -0.1) is 11.3 Å². The van der Waals surface area contributed by atoms with E-state index < -0.39 is 0 Å². The largest absolute Gasteiger partial charge is 0.491 e. The van der Waals surface area contributed by atoms with E-state index in [1.54, 1.807) is 12.4 Å².